The fourth-order valence-electron chi connectivity index (χ4n) is 0.324. The molecule has 37 valence electrons. The second-order valence-corrected chi connectivity index (χ2v) is 1.15. The van der Waals surface area contributed by atoms with Gasteiger partial charge in [-0.05, 0) is 0 Å². The Hall–Kier alpha value is -0.990. The Bertz CT molecular complexity index is 125. The van der Waals surface area contributed by atoms with Gasteiger partial charge in [0.15, 0.2) is 0 Å². The van der Waals surface area contributed by atoms with Crippen LogP contribution >= 0.6 is 0 Å². The summed E-state index contributed by atoms with van der Waals surface area (Å²) in [6.07, 6.45) is 2.03. The summed E-state index contributed by atoms with van der Waals surface area (Å²) >= 11 is 0. The highest BCUT2D eigenvalue weighted by Crippen LogP contribution is 1.98. The summed E-state index contributed by atoms with van der Waals surface area (Å²) in [6, 6.07) is 0. The minimum absolute atomic E-state index is 0.0150. The molecule has 1 N–H and O–H groups in total. The van der Waals surface area contributed by atoms with Crippen molar-refractivity contribution in [1.29, 1.82) is 0 Å². The molecule has 1 aliphatic heterocycles. The fourth-order valence-corrected chi connectivity index (χ4v) is 0.324. The van der Waals surface area contributed by atoms with Crippen LogP contribution in [0.1, 0.15) is 0 Å². The molecule has 0 bridgehead atoms. The molecule has 1 rings (SSSR count). The first-order valence-corrected chi connectivity index (χ1v) is 1.77. The highest BCUT2D eigenvalue weighted by Gasteiger charge is 2.10. The highest BCUT2D eigenvalue weighted by molar-refractivity contribution is 5.80. The van der Waals surface area contributed by atoms with E-state index in [2.05, 4.69) is 4.74 Å². The van der Waals surface area contributed by atoms with Crippen molar-refractivity contribution >= 4 is 5.97 Å². The molecule has 0 amide bonds. The van der Waals surface area contributed by atoms with E-state index in [1.807, 2.05) is 6.08 Å². The topological polar surface area (TPSA) is 46.5 Å². The SMILES string of the molecule is O=C1[C]=C(O)CO1. The minimum atomic E-state index is -0.586. The highest BCUT2D eigenvalue weighted by atomic mass is 16.5. The van der Waals surface area contributed by atoms with E-state index in [1.54, 1.807) is 0 Å². The third kappa shape index (κ3) is 0.707. The largest absolute Gasteiger partial charge is 0.508 e. The van der Waals surface area contributed by atoms with Crippen molar-refractivity contribution in [2.24, 2.45) is 0 Å². The van der Waals surface area contributed by atoms with Gasteiger partial charge in [0.25, 0.3) is 0 Å². The number of rotatable bonds is 0. The van der Waals surface area contributed by atoms with E-state index in [1.165, 1.54) is 0 Å². The van der Waals surface area contributed by atoms with Crippen molar-refractivity contribution in [3.63, 3.8) is 0 Å². The van der Waals surface area contributed by atoms with Gasteiger partial charge in [-0.15, -0.1) is 0 Å². The van der Waals surface area contributed by atoms with Crippen LogP contribution in [0, 0.1) is 6.08 Å². The number of esters is 1. The predicted octanol–water partition coefficient (Wildman–Crippen LogP) is -0.212. The van der Waals surface area contributed by atoms with Gasteiger partial charge >= 0.3 is 5.97 Å². The van der Waals surface area contributed by atoms with E-state index in [-0.39, 0.29) is 12.4 Å². The minimum Gasteiger partial charge on any atom is -0.508 e. The lowest BCUT2D eigenvalue weighted by atomic mass is 10.5. The molecule has 3 nitrogen and oxygen atoms in total. The molecule has 7 heavy (non-hydrogen) atoms. The molecule has 3 heteroatoms. The number of carbonyl (C=O) groups excluding carboxylic acids is 1. The zero-order chi connectivity index (χ0) is 5.28. The fraction of sp³-hybridized carbons (Fsp3) is 0.250. The molecule has 0 saturated carbocycles. The molecule has 0 atom stereocenters. The second kappa shape index (κ2) is 1.26. The summed E-state index contributed by atoms with van der Waals surface area (Å²) in [5.74, 6) is -0.706. The van der Waals surface area contributed by atoms with Crippen LogP contribution in [0.4, 0.5) is 0 Å². The van der Waals surface area contributed by atoms with Crippen molar-refractivity contribution in [2.75, 3.05) is 6.61 Å². The molecule has 1 heterocycles. The Kier molecular flexibility index (Phi) is 0.749. The van der Waals surface area contributed by atoms with Crippen LogP contribution in [0.25, 0.3) is 0 Å². The van der Waals surface area contributed by atoms with Gasteiger partial charge in [0.2, 0.25) is 0 Å². The van der Waals surface area contributed by atoms with E-state index in [9.17, 15) is 4.79 Å². The number of hydrogen-bond acceptors (Lipinski definition) is 3. The van der Waals surface area contributed by atoms with Crippen LogP contribution in [-0.4, -0.2) is 17.7 Å². The van der Waals surface area contributed by atoms with Crippen LogP contribution in [0.15, 0.2) is 5.76 Å². The number of ether oxygens (including phenoxy) is 1. The number of aliphatic hydroxyl groups excluding tert-OH is 1. The Labute approximate surface area is 40.2 Å². The first-order chi connectivity index (χ1) is 3.29. The Morgan fingerprint density at radius 3 is 2.71 bits per heavy atom. The lowest BCUT2D eigenvalue weighted by Crippen LogP contribution is -1.91. The van der Waals surface area contributed by atoms with Gasteiger partial charge in [-0.3, -0.25) is 0 Å². The number of aliphatic hydroxyl groups is 1. The van der Waals surface area contributed by atoms with Gasteiger partial charge < -0.3 is 9.84 Å². The number of cyclic esters (lactones) is 1. The Morgan fingerprint density at radius 2 is 2.57 bits per heavy atom. The predicted molar refractivity (Wildman–Crippen MR) is 20.3 cm³/mol. The van der Waals surface area contributed by atoms with Crippen molar-refractivity contribution in [3.8, 4) is 0 Å². The standard InChI is InChI=1S/C4H3O3/c5-3-1-4(6)7-2-3/h5H,2H2. The molecule has 0 aliphatic carbocycles. The van der Waals surface area contributed by atoms with E-state index in [0.29, 0.717) is 0 Å². The monoisotopic (exact) mass is 99.0 g/mol. The molecule has 0 aromatic heterocycles. The molecule has 0 unspecified atom stereocenters. The third-order valence-corrected chi connectivity index (χ3v) is 0.586. The second-order valence-electron chi connectivity index (χ2n) is 1.15. The summed E-state index contributed by atoms with van der Waals surface area (Å²) in [5, 5.41) is 8.36. The van der Waals surface area contributed by atoms with Crippen molar-refractivity contribution in [3.05, 3.63) is 11.8 Å². The van der Waals surface area contributed by atoms with Crippen LogP contribution in [0.3, 0.4) is 0 Å². The molecule has 0 aromatic rings. The maximum atomic E-state index is 9.94. The molecular formula is C4H3O3. The van der Waals surface area contributed by atoms with Crippen LogP contribution in [-0.2, 0) is 9.53 Å². The lowest BCUT2D eigenvalue weighted by Gasteiger charge is -1.84. The van der Waals surface area contributed by atoms with Gasteiger partial charge in [-0.25, -0.2) is 4.79 Å². The average Bonchev–Trinajstić information content (AvgIpc) is 1.87. The molecule has 0 aromatic carbocycles. The van der Waals surface area contributed by atoms with Crippen molar-refractivity contribution < 1.29 is 14.6 Å². The summed E-state index contributed by atoms with van der Waals surface area (Å²) in [6.45, 7) is -0.0150. The molecule has 0 spiro atoms. The molecular weight excluding hydrogens is 96.0 g/mol. The molecule has 0 fully saturated rings. The summed E-state index contributed by atoms with van der Waals surface area (Å²) in [7, 11) is 0. The van der Waals surface area contributed by atoms with Crippen LogP contribution in [0.2, 0.25) is 0 Å². The molecule has 1 aliphatic rings. The lowest BCUT2D eigenvalue weighted by molar-refractivity contribution is -0.135. The van der Waals surface area contributed by atoms with Gasteiger partial charge in [-0.1, -0.05) is 0 Å². The van der Waals surface area contributed by atoms with Crippen LogP contribution < -0.4 is 0 Å². The summed E-state index contributed by atoms with van der Waals surface area (Å²) in [4.78, 5) is 9.94. The van der Waals surface area contributed by atoms with E-state index < -0.39 is 5.97 Å². The summed E-state index contributed by atoms with van der Waals surface area (Å²) < 4.78 is 4.23. The normalized spacial score (nSPS) is 18.9. The summed E-state index contributed by atoms with van der Waals surface area (Å²) in [5.41, 5.74) is 0. The third-order valence-electron chi connectivity index (χ3n) is 0.586. The van der Waals surface area contributed by atoms with Gasteiger partial charge in [0, 0.05) is 0 Å². The maximum absolute atomic E-state index is 9.94. The van der Waals surface area contributed by atoms with Crippen molar-refractivity contribution in [2.45, 2.75) is 0 Å². The zero-order valence-corrected chi connectivity index (χ0v) is 3.47. The Morgan fingerprint density at radius 1 is 1.86 bits per heavy atom. The quantitative estimate of drug-likeness (QED) is 0.427. The maximum Gasteiger partial charge on any atom is 0.343 e. The van der Waals surface area contributed by atoms with Crippen molar-refractivity contribution in [1.82, 2.24) is 0 Å². The van der Waals surface area contributed by atoms with E-state index >= 15 is 0 Å². The molecule has 1 radical (unpaired) electrons. The van der Waals surface area contributed by atoms with Gasteiger partial charge in [0.05, 0.1) is 0 Å². The number of hydrogen-bond donors (Lipinski definition) is 1. The van der Waals surface area contributed by atoms with E-state index in [0.717, 1.165) is 0 Å². The Balaban J connectivity index is 2.67. The van der Waals surface area contributed by atoms with Gasteiger partial charge in [-0.2, -0.15) is 0 Å². The average molecular weight is 99.1 g/mol. The van der Waals surface area contributed by atoms with Crippen LogP contribution in [0.5, 0.6) is 0 Å². The first kappa shape index (κ1) is 4.18. The first-order valence-electron chi connectivity index (χ1n) is 1.77. The van der Waals surface area contributed by atoms with Gasteiger partial charge in [0.1, 0.15) is 18.4 Å². The zero-order valence-electron chi connectivity index (χ0n) is 3.47. The smallest absolute Gasteiger partial charge is 0.343 e. The molecule has 0 saturated heterocycles. The van der Waals surface area contributed by atoms with E-state index in [4.69, 9.17) is 5.11 Å². The number of carbonyl (C=O) groups is 1.